The smallest absolute Gasteiger partial charge is 0.416 e. The second kappa shape index (κ2) is 6.02. The van der Waals surface area contributed by atoms with E-state index < -0.39 is 23.1 Å². The molecule has 0 radical (unpaired) electrons. The van der Waals surface area contributed by atoms with E-state index in [4.69, 9.17) is 0 Å². The molecule has 3 nitrogen and oxygen atoms in total. The summed E-state index contributed by atoms with van der Waals surface area (Å²) in [6, 6.07) is 8.00. The van der Waals surface area contributed by atoms with Crippen molar-refractivity contribution in [3.05, 3.63) is 65.9 Å². The van der Waals surface area contributed by atoms with Crippen molar-refractivity contribution in [3.8, 4) is 11.3 Å². The lowest BCUT2D eigenvalue weighted by molar-refractivity contribution is -0.145. The van der Waals surface area contributed by atoms with E-state index >= 15 is 0 Å². The summed E-state index contributed by atoms with van der Waals surface area (Å²) in [5, 5.41) is 9.79. The molecular formula is C19H16F3NO2. The molecule has 2 unspecified atom stereocenters. The van der Waals surface area contributed by atoms with E-state index in [9.17, 15) is 23.1 Å². The standard InChI is InChI=1S/C19H16F3NO2/c1-12-3-2-9-18(12,17(24)25)15-8-10-23-16(11-15)13-4-6-14(7-5-13)19(20,21)22/h2-8,10-12H,9H2,1H3,(H,24,25). The van der Waals surface area contributed by atoms with Gasteiger partial charge in [0.1, 0.15) is 5.41 Å². The third kappa shape index (κ3) is 2.92. The monoisotopic (exact) mass is 347 g/mol. The zero-order valence-electron chi connectivity index (χ0n) is 13.4. The molecule has 0 amide bonds. The molecule has 0 fully saturated rings. The first kappa shape index (κ1) is 17.2. The van der Waals surface area contributed by atoms with Gasteiger partial charge >= 0.3 is 12.1 Å². The van der Waals surface area contributed by atoms with Crippen LogP contribution in [0.4, 0.5) is 13.2 Å². The third-order valence-electron chi connectivity index (χ3n) is 4.81. The zero-order valence-corrected chi connectivity index (χ0v) is 13.4. The summed E-state index contributed by atoms with van der Waals surface area (Å²) in [7, 11) is 0. The lowest BCUT2D eigenvalue weighted by Crippen LogP contribution is -2.38. The predicted octanol–water partition coefficient (Wildman–Crippen LogP) is 4.69. The number of aliphatic carboxylic acids is 1. The molecule has 0 saturated heterocycles. The van der Waals surface area contributed by atoms with Gasteiger partial charge in [-0.3, -0.25) is 9.78 Å². The van der Waals surface area contributed by atoms with Crippen molar-refractivity contribution in [1.82, 2.24) is 4.98 Å². The number of carboxylic acids is 1. The van der Waals surface area contributed by atoms with Crippen molar-refractivity contribution in [2.24, 2.45) is 5.92 Å². The van der Waals surface area contributed by atoms with Crippen LogP contribution >= 0.6 is 0 Å². The summed E-state index contributed by atoms with van der Waals surface area (Å²) >= 11 is 0. The quantitative estimate of drug-likeness (QED) is 0.820. The Morgan fingerprint density at radius 3 is 2.44 bits per heavy atom. The Hall–Kier alpha value is -2.63. The van der Waals surface area contributed by atoms with Crippen molar-refractivity contribution in [2.75, 3.05) is 0 Å². The maximum absolute atomic E-state index is 12.7. The highest BCUT2D eigenvalue weighted by molar-refractivity contribution is 5.84. The molecule has 1 aliphatic carbocycles. The molecule has 0 aliphatic heterocycles. The fraction of sp³-hybridized carbons (Fsp3) is 0.263. The minimum absolute atomic E-state index is 0.187. The maximum Gasteiger partial charge on any atom is 0.416 e. The number of halogens is 3. The molecule has 0 spiro atoms. The van der Waals surface area contributed by atoms with Crippen molar-refractivity contribution in [2.45, 2.75) is 24.9 Å². The third-order valence-corrected chi connectivity index (χ3v) is 4.81. The van der Waals surface area contributed by atoms with E-state index in [0.717, 1.165) is 12.1 Å². The highest BCUT2D eigenvalue weighted by atomic mass is 19.4. The molecule has 1 aromatic heterocycles. The van der Waals surface area contributed by atoms with Gasteiger partial charge in [0.05, 0.1) is 11.3 Å². The van der Waals surface area contributed by atoms with Crippen LogP contribution in [0.5, 0.6) is 0 Å². The molecule has 1 aromatic carbocycles. The molecule has 6 heteroatoms. The van der Waals surface area contributed by atoms with Crippen LogP contribution < -0.4 is 0 Å². The first-order valence-electron chi connectivity index (χ1n) is 7.79. The largest absolute Gasteiger partial charge is 0.481 e. The van der Waals surface area contributed by atoms with Crippen molar-refractivity contribution < 1.29 is 23.1 Å². The minimum Gasteiger partial charge on any atom is -0.481 e. The zero-order chi connectivity index (χ0) is 18.2. The van der Waals surface area contributed by atoms with E-state index in [1.807, 2.05) is 19.1 Å². The van der Waals surface area contributed by atoms with Crippen molar-refractivity contribution in [3.63, 3.8) is 0 Å². The average Bonchev–Trinajstić information content (AvgIpc) is 2.97. The summed E-state index contributed by atoms with van der Waals surface area (Å²) in [6.45, 7) is 1.84. The van der Waals surface area contributed by atoms with Gasteiger partial charge in [0, 0.05) is 11.8 Å². The van der Waals surface area contributed by atoms with Crippen LogP contribution in [0, 0.1) is 5.92 Å². The number of hydrogen-bond donors (Lipinski definition) is 1. The lowest BCUT2D eigenvalue weighted by atomic mass is 9.72. The number of nitrogens with zero attached hydrogens (tertiary/aromatic N) is 1. The average molecular weight is 347 g/mol. The lowest BCUT2D eigenvalue weighted by Gasteiger charge is -2.30. The Kier molecular flexibility index (Phi) is 4.14. The Balaban J connectivity index is 2.01. The number of carbonyl (C=O) groups is 1. The fourth-order valence-electron chi connectivity index (χ4n) is 3.29. The molecule has 1 heterocycles. The number of benzene rings is 1. The van der Waals surface area contributed by atoms with E-state index in [1.54, 1.807) is 12.1 Å². The van der Waals surface area contributed by atoms with Crippen LogP contribution in [0.3, 0.4) is 0 Å². The Bertz CT molecular complexity index is 827. The molecule has 1 N–H and O–H groups in total. The van der Waals surface area contributed by atoms with E-state index in [-0.39, 0.29) is 5.92 Å². The molecule has 2 atom stereocenters. The normalized spacial score (nSPS) is 23.0. The van der Waals surface area contributed by atoms with E-state index in [0.29, 0.717) is 23.2 Å². The second-order valence-corrected chi connectivity index (χ2v) is 6.20. The van der Waals surface area contributed by atoms with Crippen LogP contribution in [0.2, 0.25) is 0 Å². The SMILES string of the molecule is CC1C=CCC1(C(=O)O)c1ccnc(-c2ccc(C(F)(F)F)cc2)c1. The fourth-order valence-corrected chi connectivity index (χ4v) is 3.29. The molecule has 0 saturated carbocycles. The van der Waals surface area contributed by atoms with Gasteiger partial charge in [0.15, 0.2) is 0 Å². The Morgan fingerprint density at radius 2 is 1.92 bits per heavy atom. The summed E-state index contributed by atoms with van der Waals surface area (Å²) in [6.07, 6.45) is 1.19. The maximum atomic E-state index is 12.7. The van der Waals surface area contributed by atoms with Gasteiger partial charge in [-0.05, 0) is 42.2 Å². The number of carboxylic acid groups (broad SMARTS) is 1. The van der Waals surface area contributed by atoms with Crippen LogP contribution in [-0.4, -0.2) is 16.1 Å². The van der Waals surface area contributed by atoms with Gasteiger partial charge in [-0.2, -0.15) is 13.2 Å². The van der Waals surface area contributed by atoms with Crippen LogP contribution in [0.1, 0.15) is 24.5 Å². The van der Waals surface area contributed by atoms with E-state index in [2.05, 4.69) is 4.98 Å². The highest BCUT2D eigenvalue weighted by Gasteiger charge is 2.46. The van der Waals surface area contributed by atoms with Gasteiger partial charge in [0.2, 0.25) is 0 Å². The topological polar surface area (TPSA) is 50.2 Å². The minimum atomic E-state index is -4.40. The predicted molar refractivity (Wildman–Crippen MR) is 86.9 cm³/mol. The van der Waals surface area contributed by atoms with Gasteiger partial charge in [-0.1, -0.05) is 31.2 Å². The first-order valence-corrected chi connectivity index (χ1v) is 7.79. The van der Waals surface area contributed by atoms with Crippen molar-refractivity contribution >= 4 is 5.97 Å². The van der Waals surface area contributed by atoms with Gasteiger partial charge in [-0.15, -0.1) is 0 Å². The Morgan fingerprint density at radius 1 is 1.24 bits per heavy atom. The molecule has 1 aliphatic rings. The number of pyridine rings is 1. The molecule has 0 bridgehead atoms. The summed E-state index contributed by atoms with van der Waals surface area (Å²) in [4.78, 5) is 16.1. The second-order valence-electron chi connectivity index (χ2n) is 6.20. The number of aromatic nitrogens is 1. The van der Waals surface area contributed by atoms with Crippen molar-refractivity contribution in [1.29, 1.82) is 0 Å². The molecule has 25 heavy (non-hydrogen) atoms. The van der Waals surface area contributed by atoms with Crippen LogP contribution in [0.25, 0.3) is 11.3 Å². The van der Waals surface area contributed by atoms with Gasteiger partial charge in [0.25, 0.3) is 0 Å². The molecule has 3 rings (SSSR count). The Labute approximate surface area is 142 Å². The van der Waals surface area contributed by atoms with E-state index in [1.165, 1.54) is 18.3 Å². The number of alkyl halides is 3. The summed E-state index contributed by atoms with van der Waals surface area (Å²) < 4.78 is 38.1. The number of rotatable bonds is 3. The summed E-state index contributed by atoms with van der Waals surface area (Å²) in [5.41, 5.74) is -0.241. The summed E-state index contributed by atoms with van der Waals surface area (Å²) in [5.74, 6) is -1.11. The molecular weight excluding hydrogens is 331 g/mol. The first-order chi connectivity index (χ1) is 11.7. The van der Waals surface area contributed by atoms with Gasteiger partial charge in [-0.25, -0.2) is 0 Å². The van der Waals surface area contributed by atoms with Crippen LogP contribution in [0.15, 0.2) is 54.7 Å². The van der Waals surface area contributed by atoms with Crippen LogP contribution in [-0.2, 0) is 16.4 Å². The highest BCUT2D eigenvalue weighted by Crippen LogP contribution is 2.42. The number of allylic oxidation sites excluding steroid dienone is 2. The number of hydrogen-bond acceptors (Lipinski definition) is 2. The molecule has 130 valence electrons. The molecule has 2 aromatic rings. The van der Waals surface area contributed by atoms with Gasteiger partial charge < -0.3 is 5.11 Å².